The summed E-state index contributed by atoms with van der Waals surface area (Å²) in [5.74, 6) is -0.531. The molecule has 3 rings (SSSR count). The van der Waals surface area contributed by atoms with E-state index in [1.54, 1.807) is 19.1 Å². The van der Waals surface area contributed by atoms with Crippen molar-refractivity contribution in [1.29, 1.82) is 0 Å². The van der Waals surface area contributed by atoms with Gasteiger partial charge in [0.05, 0.1) is 11.3 Å². The normalized spacial score (nSPS) is 11.3. The number of hydrogen-bond acceptors (Lipinski definition) is 4. The molecule has 0 unspecified atom stereocenters. The molecule has 7 heteroatoms. The Morgan fingerprint density at radius 1 is 1.35 bits per heavy atom. The lowest BCUT2D eigenvalue weighted by molar-refractivity contribution is 0.0992. The SMILES string of the molecule is Cc1oc2ncn(CC(C)C)c(=O)c2c1C(=O)N(C)c1ccccc1F. The summed E-state index contributed by atoms with van der Waals surface area (Å²) in [5, 5.41) is 0.124. The standard InChI is InChI=1S/C19H20FN3O3/c1-11(2)9-23-10-21-17-16(19(23)25)15(12(3)26-17)18(24)22(4)14-8-6-5-7-13(14)20/h5-8,10-11H,9H2,1-4H3. The van der Waals surface area contributed by atoms with Crippen molar-refractivity contribution in [2.24, 2.45) is 5.92 Å². The maximum absolute atomic E-state index is 14.0. The van der Waals surface area contributed by atoms with Gasteiger partial charge in [-0.3, -0.25) is 14.2 Å². The van der Waals surface area contributed by atoms with Crippen LogP contribution in [-0.4, -0.2) is 22.5 Å². The summed E-state index contributed by atoms with van der Waals surface area (Å²) < 4.78 is 21.0. The molecule has 2 aromatic heterocycles. The molecule has 1 amide bonds. The monoisotopic (exact) mass is 357 g/mol. The first-order valence-electron chi connectivity index (χ1n) is 8.32. The van der Waals surface area contributed by atoms with Crippen molar-refractivity contribution in [2.45, 2.75) is 27.3 Å². The lowest BCUT2D eigenvalue weighted by atomic mass is 10.1. The third-order valence-corrected chi connectivity index (χ3v) is 4.15. The molecule has 0 saturated heterocycles. The van der Waals surface area contributed by atoms with Crippen molar-refractivity contribution < 1.29 is 13.6 Å². The summed E-state index contributed by atoms with van der Waals surface area (Å²) in [6, 6.07) is 5.96. The Labute approximate surface area is 149 Å². The highest BCUT2D eigenvalue weighted by Crippen LogP contribution is 2.25. The molecular weight excluding hydrogens is 337 g/mol. The highest BCUT2D eigenvalue weighted by atomic mass is 19.1. The summed E-state index contributed by atoms with van der Waals surface area (Å²) >= 11 is 0. The van der Waals surface area contributed by atoms with Crippen LogP contribution in [0.5, 0.6) is 0 Å². The molecule has 2 heterocycles. The minimum atomic E-state index is -0.524. The van der Waals surface area contributed by atoms with Gasteiger partial charge in [-0.1, -0.05) is 26.0 Å². The smallest absolute Gasteiger partial charge is 0.265 e. The molecule has 0 spiro atoms. The third kappa shape index (κ3) is 3.00. The molecule has 1 aromatic carbocycles. The first kappa shape index (κ1) is 17.8. The van der Waals surface area contributed by atoms with Gasteiger partial charge in [0.15, 0.2) is 0 Å². The molecule has 136 valence electrons. The van der Waals surface area contributed by atoms with Gasteiger partial charge in [-0.15, -0.1) is 0 Å². The zero-order valence-electron chi connectivity index (χ0n) is 15.1. The molecule has 26 heavy (non-hydrogen) atoms. The highest BCUT2D eigenvalue weighted by Gasteiger charge is 2.26. The van der Waals surface area contributed by atoms with Gasteiger partial charge in [0.2, 0.25) is 5.71 Å². The fourth-order valence-corrected chi connectivity index (χ4v) is 2.92. The van der Waals surface area contributed by atoms with Gasteiger partial charge >= 0.3 is 0 Å². The molecular formula is C19H20FN3O3. The van der Waals surface area contributed by atoms with E-state index in [0.717, 1.165) is 0 Å². The number of amides is 1. The van der Waals surface area contributed by atoms with Gasteiger partial charge in [0.1, 0.15) is 23.3 Å². The van der Waals surface area contributed by atoms with Crippen molar-refractivity contribution in [3.63, 3.8) is 0 Å². The fourth-order valence-electron chi connectivity index (χ4n) is 2.92. The number of aromatic nitrogens is 2. The fraction of sp³-hybridized carbons (Fsp3) is 0.316. The Kier molecular flexibility index (Phi) is 4.63. The number of para-hydroxylation sites is 1. The minimum Gasteiger partial charge on any atom is -0.442 e. The zero-order valence-corrected chi connectivity index (χ0v) is 15.1. The van der Waals surface area contributed by atoms with E-state index in [1.165, 1.54) is 35.0 Å². The van der Waals surface area contributed by atoms with Gasteiger partial charge < -0.3 is 9.32 Å². The number of furan rings is 1. The Bertz CT molecular complexity index is 1040. The van der Waals surface area contributed by atoms with Crippen molar-refractivity contribution in [3.8, 4) is 0 Å². The van der Waals surface area contributed by atoms with E-state index in [4.69, 9.17) is 4.42 Å². The van der Waals surface area contributed by atoms with Gasteiger partial charge in [-0.05, 0) is 25.0 Å². The number of carbonyl (C=O) groups is 1. The maximum atomic E-state index is 14.0. The number of anilines is 1. The van der Waals surface area contributed by atoms with Crippen molar-refractivity contribution >= 4 is 22.7 Å². The van der Waals surface area contributed by atoms with Gasteiger partial charge in [0, 0.05) is 13.6 Å². The molecule has 0 fully saturated rings. The van der Waals surface area contributed by atoms with Crippen molar-refractivity contribution in [3.05, 3.63) is 58.1 Å². The van der Waals surface area contributed by atoms with E-state index >= 15 is 0 Å². The Hall–Kier alpha value is -2.96. The molecule has 0 aliphatic carbocycles. The van der Waals surface area contributed by atoms with E-state index in [0.29, 0.717) is 6.54 Å². The molecule has 6 nitrogen and oxygen atoms in total. The summed E-state index contributed by atoms with van der Waals surface area (Å²) in [4.78, 5) is 31.2. The van der Waals surface area contributed by atoms with Crippen LogP contribution in [0, 0.1) is 18.7 Å². The van der Waals surface area contributed by atoms with E-state index in [-0.39, 0.29) is 39.6 Å². The second-order valence-corrected chi connectivity index (χ2v) is 6.62. The van der Waals surface area contributed by atoms with Crippen LogP contribution in [0.2, 0.25) is 0 Å². The summed E-state index contributed by atoms with van der Waals surface area (Å²) in [7, 11) is 1.46. The van der Waals surface area contributed by atoms with E-state index in [2.05, 4.69) is 4.98 Å². The minimum absolute atomic E-state index is 0.109. The summed E-state index contributed by atoms with van der Waals surface area (Å²) in [6.45, 7) is 6.03. The Morgan fingerprint density at radius 2 is 2.04 bits per heavy atom. The van der Waals surface area contributed by atoms with Crippen LogP contribution in [0.1, 0.15) is 30.0 Å². The Morgan fingerprint density at radius 3 is 2.69 bits per heavy atom. The number of nitrogens with zero attached hydrogens (tertiary/aromatic N) is 3. The van der Waals surface area contributed by atoms with E-state index in [1.807, 2.05) is 13.8 Å². The summed E-state index contributed by atoms with van der Waals surface area (Å²) in [6.07, 6.45) is 1.42. The van der Waals surface area contributed by atoms with E-state index in [9.17, 15) is 14.0 Å². The van der Waals surface area contributed by atoms with Crippen molar-refractivity contribution in [2.75, 3.05) is 11.9 Å². The zero-order chi connectivity index (χ0) is 19.0. The average Bonchev–Trinajstić information content (AvgIpc) is 2.93. The molecule has 0 N–H and O–H groups in total. The average molecular weight is 357 g/mol. The van der Waals surface area contributed by atoms with Crippen LogP contribution in [0.25, 0.3) is 11.1 Å². The largest absolute Gasteiger partial charge is 0.442 e. The third-order valence-electron chi connectivity index (χ3n) is 4.15. The van der Waals surface area contributed by atoms with Crippen LogP contribution in [0.15, 0.2) is 39.8 Å². The molecule has 0 radical (unpaired) electrons. The van der Waals surface area contributed by atoms with Gasteiger partial charge in [-0.25, -0.2) is 9.37 Å². The highest BCUT2D eigenvalue weighted by molar-refractivity contribution is 6.13. The predicted molar refractivity (Wildman–Crippen MR) is 97.0 cm³/mol. The number of carbonyl (C=O) groups excluding carboxylic acids is 1. The second-order valence-electron chi connectivity index (χ2n) is 6.62. The van der Waals surface area contributed by atoms with Crippen molar-refractivity contribution in [1.82, 2.24) is 9.55 Å². The number of rotatable bonds is 4. The second kappa shape index (κ2) is 6.74. The molecule has 3 aromatic rings. The van der Waals surface area contributed by atoms with Crippen LogP contribution in [0.3, 0.4) is 0 Å². The lowest BCUT2D eigenvalue weighted by Crippen LogP contribution is -2.29. The molecule has 0 bridgehead atoms. The van der Waals surface area contributed by atoms with Crippen LogP contribution in [0.4, 0.5) is 10.1 Å². The number of benzene rings is 1. The molecule has 0 saturated carbocycles. The lowest BCUT2D eigenvalue weighted by Gasteiger charge is -2.17. The topological polar surface area (TPSA) is 68.3 Å². The molecule has 0 atom stereocenters. The first-order chi connectivity index (χ1) is 12.3. The molecule has 0 aliphatic heterocycles. The van der Waals surface area contributed by atoms with Crippen LogP contribution >= 0.6 is 0 Å². The van der Waals surface area contributed by atoms with Gasteiger partial charge in [-0.2, -0.15) is 0 Å². The molecule has 0 aliphatic rings. The maximum Gasteiger partial charge on any atom is 0.265 e. The Balaban J connectivity index is 2.15. The quantitative estimate of drug-likeness (QED) is 0.718. The first-order valence-corrected chi connectivity index (χ1v) is 8.32. The van der Waals surface area contributed by atoms with Crippen LogP contribution in [-0.2, 0) is 6.54 Å². The summed E-state index contributed by atoms with van der Waals surface area (Å²) in [5.41, 5.74) is 0.00243. The number of halogens is 1. The van der Waals surface area contributed by atoms with E-state index < -0.39 is 11.7 Å². The van der Waals surface area contributed by atoms with Gasteiger partial charge in [0.25, 0.3) is 11.5 Å². The van der Waals surface area contributed by atoms with Crippen LogP contribution < -0.4 is 10.5 Å². The predicted octanol–water partition coefficient (Wildman–Crippen LogP) is 3.37. The number of fused-ring (bicyclic) bond motifs is 1. The number of aryl methyl sites for hydroxylation is 1. The number of hydrogen-bond donors (Lipinski definition) is 0.